The van der Waals surface area contributed by atoms with E-state index in [-0.39, 0.29) is 5.82 Å². The number of nitrogens with zero attached hydrogens (tertiary/aromatic N) is 1. The molecule has 0 aliphatic rings. The van der Waals surface area contributed by atoms with Crippen LogP contribution in [-0.4, -0.2) is 12.1 Å². The van der Waals surface area contributed by atoms with Crippen molar-refractivity contribution in [1.29, 1.82) is 0 Å². The maximum atomic E-state index is 13.4. The lowest BCUT2D eigenvalue weighted by Crippen LogP contribution is -1.88. The van der Waals surface area contributed by atoms with E-state index >= 15 is 0 Å². The normalized spacial score (nSPS) is 10.2. The standard InChI is InChI=1S/C13H12FNO/c1-9-3-4-10(7-12(9)14)11-5-6-13(16-2)15-8-11/h3-8H,1-2H3. The largest absolute Gasteiger partial charge is 0.481 e. The second kappa shape index (κ2) is 4.31. The van der Waals surface area contributed by atoms with Crippen LogP contribution in [0.1, 0.15) is 5.56 Å². The maximum absolute atomic E-state index is 13.4. The SMILES string of the molecule is COc1ccc(-c2ccc(C)c(F)c2)cn1. The Kier molecular flexibility index (Phi) is 2.86. The van der Waals surface area contributed by atoms with Crippen molar-refractivity contribution < 1.29 is 9.13 Å². The first-order valence-electron chi connectivity index (χ1n) is 4.97. The van der Waals surface area contributed by atoms with Gasteiger partial charge in [-0.1, -0.05) is 12.1 Å². The highest BCUT2D eigenvalue weighted by Crippen LogP contribution is 2.22. The molecule has 1 heterocycles. The van der Waals surface area contributed by atoms with E-state index in [9.17, 15) is 4.39 Å². The summed E-state index contributed by atoms with van der Waals surface area (Å²) < 4.78 is 18.3. The Hall–Kier alpha value is -1.90. The number of pyridine rings is 1. The van der Waals surface area contributed by atoms with E-state index in [4.69, 9.17) is 4.74 Å². The van der Waals surface area contributed by atoms with Crippen LogP contribution in [0.25, 0.3) is 11.1 Å². The molecule has 1 aromatic carbocycles. The van der Waals surface area contributed by atoms with Crippen LogP contribution in [0.2, 0.25) is 0 Å². The van der Waals surface area contributed by atoms with Gasteiger partial charge >= 0.3 is 0 Å². The van der Waals surface area contributed by atoms with Crippen LogP contribution in [0.3, 0.4) is 0 Å². The third-order valence-electron chi connectivity index (χ3n) is 2.45. The Morgan fingerprint density at radius 2 is 1.88 bits per heavy atom. The minimum atomic E-state index is -0.201. The van der Waals surface area contributed by atoms with Crippen molar-refractivity contribution in [3.05, 3.63) is 47.9 Å². The maximum Gasteiger partial charge on any atom is 0.212 e. The minimum Gasteiger partial charge on any atom is -0.481 e. The summed E-state index contributed by atoms with van der Waals surface area (Å²) in [6, 6.07) is 8.76. The van der Waals surface area contributed by atoms with Gasteiger partial charge in [0, 0.05) is 17.8 Å². The molecular formula is C13H12FNO. The van der Waals surface area contributed by atoms with Gasteiger partial charge in [0.05, 0.1) is 7.11 Å². The third kappa shape index (κ3) is 2.03. The predicted octanol–water partition coefficient (Wildman–Crippen LogP) is 3.20. The molecule has 0 amide bonds. The summed E-state index contributed by atoms with van der Waals surface area (Å²) in [5.74, 6) is 0.352. The summed E-state index contributed by atoms with van der Waals surface area (Å²) in [5.41, 5.74) is 2.34. The first-order valence-corrected chi connectivity index (χ1v) is 4.97. The average Bonchev–Trinajstić information content (AvgIpc) is 2.33. The average molecular weight is 217 g/mol. The van der Waals surface area contributed by atoms with Crippen molar-refractivity contribution >= 4 is 0 Å². The number of aromatic nitrogens is 1. The number of benzene rings is 1. The molecule has 0 bridgehead atoms. The zero-order chi connectivity index (χ0) is 11.5. The summed E-state index contributed by atoms with van der Waals surface area (Å²) in [6.45, 7) is 1.74. The van der Waals surface area contributed by atoms with Gasteiger partial charge in [0.15, 0.2) is 0 Å². The second-order valence-electron chi connectivity index (χ2n) is 3.55. The molecule has 0 saturated carbocycles. The van der Waals surface area contributed by atoms with Crippen molar-refractivity contribution in [2.24, 2.45) is 0 Å². The molecule has 1 aromatic heterocycles. The third-order valence-corrected chi connectivity index (χ3v) is 2.45. The zero-order valence-corrected chi connectivity index (χ0v) is 9.20. The van der Waals surface area contributed by atoms with Gasteiger partial charge in [0.25, 0.3) is 0 Å². The van der Waals surface area contributed by atoms with E-state index in [0.717, 1.165) is 11.1 Å². The molecule has 16 heavy (non-hydrogen) atoms. The van der Waals surface area contributed by atoms with Gasteiger partial charge < -0.3 is 4.74 Å². The number of methoxy groups -OCH3 is 1. The van der Waals surface area contributed by atoms with Gasteiger partial charge in [0.1, 0.15) is 5.82 Å². The summed E-state index contributed by atoms with van der Waals surface area (Å²) in [6.07, 6.45) is 1.67. The minimum absolute atomic E-state index is 0.201. The molecular weight excluding hydrogens is 205 g/mol. The molecule has 2 aromatic rings. The van der Waals surface area contributed by atoms with E-state index in [1.54, 1.807) is 32.4 Å². The Bertz CT molecular complexity index is 494. The Morgan fingerprint density at radius 1 is 1.12 bits per heavy atom. The molecule has 2 rings (SSSR count). The van der Waals surface area contributed by atoms with Crippen LogP contribution in [0, 0.1) is 12.7 Å². The monoisotopic (exact) mass is 217 g/mol. The molecule has 0 N–H and O–H groups in total. The Balaban J connectivity index is 2.38. The molecule has 0 spiro atoms. The van der Waals surface area contributed by atoms with Gasteiger partial charge in [-0.25, -0.2) is 9.37 Å². The van der Waals surface area contributed by atoms with Crippen LogP contribution < -0.4 is 4.74 Å². The van der Waals surface area contributed by atoms with Gasteiger partial charge in [-0.05, 0) is 30.2 Å². The van der Waals surface area contributed by atoms with Crippen molar-refractivity contribution in [2.45, 2.75) is 6.92 Å². The number of aryl methyl sites for hydroxylation is 1. The zero-order valence-electron chi connectivity index (χ0n) is 9.20. The molecule has 82 valence electrons. The highest BCUT2D eigenvalue weighted by atomic mass is 19.1. The second-order valence-corrected chi connectivity index (χ2v) is 3.55. The van der Waals surface area contributed by atoms with Crippen molar-refractivity contribution in [3.63, 3.8) is 0 Å². The molecule has 0 fully saturated rings. The topological polar surface area (TPSA) is 22.1 Å². The highest BCUT2D eigenvalue weighted by molar-refractivity contribution is 5.63. The van der Waals surface area contributed by atoms with Crippen LogP contribution >= 0.6 is 0 Å². The Morgan fingerprint density at radius 3 is 2.44 bits per heavy atom. The van der Waals surface area contributed by atoms with Gasteiger partial charge in [-0.15, -0.1) is 0 Å². The smallest absolute Gasteiger partial charge is 0.212 e. The van der Waals surface area contributed by atoms with Crippen molar-refractivity contribution in [2.75, 3.05) is 7.11 Å². The first kappa shape index (κ1) is 10.6. The molecule has 0 radical (unpaired) electrons. The fourth-order valence-electron chi connectivity index (χ4n) is 1.44. The van der Waals surface area contributed by atoms with E-state index in [2.05, 4.69) is 4.98 Å². The van der Waals surface area contributed by atoms with E-state index in [1.165, 1.54) is 6.07 Å². The highest BCUT2D eigenvalue weighted by Gasteiger charge is 2.02. The van der Waals surface area contributed by atoms with E-state index < -0.39 is 0 Å². The molecule has 3 heteroatoms. The lowest BCUT2D eigenvalue weighted by molar-refractivity contribution is 0.398. The fourth-order valence-corrected chi connectivity index (χ4v) is 1.44. The summed E-state index contributed by atoms with van der Waals surface area (Å²) in [4.78, 5) is 4.08. The number of ether oxygens (including phenoxy) is 1. The van der Waals surface area contributed by atoms with Crippen LogP contribution in [0.4, 0.5) is 4.39 Å². The number of hydrogen-bond acceptors (Lipinski definition) is 2. The van der Waals surface area contributed by atoms with Gasteiger partial charge in [-0.2, -0.15) is 0 Å². The first-order chi connectivity index (χ1) is 7.70. The molecule has 0 saturated heterocycles. The number of halogens is 1. The van der Waals surface area contributed by atoms with E-state index in [1.807, 2.05) is 12.1 Å². The van der Waals surface area contributed by atoms with Gasteiger partial charge in [-0.3, -0.25) is 0 Å². The summed E-state index contributed by atoms with van der Waals surface area (Å²) >= 11 is 0. The van der Waals surface area contributed by atoms with Crippen molar-refractivity contribution in [1.82, 2.24) is 4.98 Å². The summed E-state index contributed by atoms with van der Waals surface area (Å²) in [7, 11) is 1.56. The van der Waals surface area contributed by atoms with Crippen LogP contribution in [-0.2, 0) is 0 Å². The molecule has 0 atom stereocenters. The van der Waals surface area contributed by atoms with Crippen LogP contribution in [0.15, 0.2) is 36.5 Å². The van der Waals surface area contributed by atoms with Crippen LogP contribution in [0.5, 0.6) is 5.88 Å². The fraction of sp³-hybridized carbons (Fsp3) is 0.154. The quantitative estimate of drug-likeness (QED) is 0.770. The predicted molar refractivity (Wildman–Crippen MR) is 60.9 cm³/mol. The Labute approximate surface area is 93.7 Å². The van der Waals surface area contributed by atoms with Gasteiger partial charge in [0.2, 0.25) is 5.88 Å². The lowest BCUT2D eigenvalue weighted by atomic mass is 10.1. The number of rotatable bonds is 2. The number of hydrogen-bond donors (Lipinski definition) is 0. The summed E-state index contributed by atoms with van der Waals surface area (Å²) in [5, 5.41) is 0. The molecule has 0 aliphatic carbocycles. The van der Waals surface area contributed by atoms with Crippen molar-refractivity contribution in [3.8, 4) is 17.0 Å². The lowest BCUT2D eigenvalue weighted by Gasteiger charge is -2.04. The molecule has 2 nitrogen and oxygen atoms in total. The van der Waals surface area contributed by atoms with E-state index in [0.29, 0.717) is 11.4 Å². The molecule has 0 unspecified atom stereocenters. The molecule has 0 aliphatic heterocycles.